The molecule has 1 atom stereocenters. The van der Waals surface area contributed by atoms with E-state index in [1.807, 2.05) is 18.2 Å². The molecule has 0 bridgehead atoms. The molecule has 2 aromatic heterocycles. The van der Waals surface area contributed by atoms with Gasteiger partial charge in [0.1, 0.15) is 16.5 Å². The zero-order valence-electron chi connectivity index (χ0n) is 16.5. The van der Waals surface area contributed by atoms with Gasteiger partial charge in [-0.25, -0.2) is 9.97 Å². The molecule has 0 radical (unpaired) electrons. The third-order valence-corrected chi connectivity index (χ3v) is 6.71. The summed E-state index contributed by atoms with van der Waals surface area (Å²) < 4.78 is 5.46. The largest absolute Gasteiger partial charge is 0.379 e. The monoisotopic (exact) mass is 416 g/mol. The van der Waals surface area contributed by atoms with Crippen molar-refractivity contribution in [1.82, 2.24) is 14.9 Å². The Kier molecular flexibility index (Phi) is 5.83. The van der Waals surface area contributed by atoms with Crippen molar-refractivity contribution in [3.05, 3.63) is 51.1 Å². The van der Waals surface area contributed by atoms with E-state index in [2.05, 4.69) is 37.1 Å². The van der Waals surface area contributed by atoms with Crippen LogP contribution in [-0.4, -0.2) is 41.2 Å². The summed E-state index contributed by atoms with van der Waals surface area (Å²) >= 11 is 8.14. The van der Waals surface area contributed by atoms with Gasteiger partial charge in [0.25, 0.3) is 0 Å². The first-order chi connectivity index (χ1) is 13.5. The van der Waals surface area contributed by atoms with Gasteiger partial charge in [0.15, 0.2) is 0 Å². The SMILES string of the molecule is Cc1sc2nc(CN3CCOCC3)nc(NC(C)c3ccccc3Cl)c2c1C. The van der Waals surface area contributed by atoms with Crippen LogP contribution in [0.5, 0.6) is 0 Å². The molecule has 7 heteroatoms. The van der Waals surface area contributed by atoms with E-state index < -0.39 is 0 Å². The number of aromatic nitrogens is 2. The van der Waals surface area contributed by atoms with Crippen LogP contribution in [0.15, 0.2) is 24.3 Å². The fourth-order valence-electron chi connectivity index (χ4n) is 3.54. The molecule has 1 aliphatic heterocycles. The fraction of sp³-hybridized carbons (Fsp3) is 0.429. The summed E-state index contributed by atoms with van der Waals surface area (Å²) in [7, 11) is 0. The Morgan fingerprint density at radius 1 is 1.21 bits per heavy atom. The van der Waals surface area contributed by atoms with Crippen LogP contribution >= 0.6 is 22.9 Å². The van der Waals surface area contributed by atoms with Crippen molar-refractivity contribution < 1.29 is 4.74 Å². The van der Waals surface area contributed by atoms with E-state index in [1.165, 1.54) is 10.4 Å². The summed E-state index contributed by atoms with van der Waals surface area (Å²) in [5.74, 6) is 1.74. The lowest BCUT2D eigenvalue weighted by molar-refractivity contribution is 0.0331. The van der Waals surface area contributed by atoms with Gasteiger partial charge in [-0.15, -0.1) is 11.3 Å². The number of morpholine rings is 1. The molecule has 0 spiro atoms. The lowest BCUT2D eigenvalue weighted by Gasteiger charge is -2.26. The number of nitrogens with zero attached hydrogens (tertiary/aromatic N) is 3. The van der Waals surface area contributed by atoms with Gasteiger partial charge < -0.3 is 10.1 Å². The van der Waals surface area contributed by atoms with E-state index >= 15 is 0 Å². The molecule has 1 N–H and O–H groups in total. The van der Waals surface area contributed by atoms with E-state index in [4.69, 9.17) is 26.3 Å². The summed E-state index contributed by atoms with van der Waals surface area (Å²) in [5.41, 5.74) is 2.31. The highest BCUT2D eigenvalue weighted by molar-refractivity contribution is 7.18. The van der Waals surface area contributed by atoms with E-state index in [1.54, 1.807) is 11.3 Å². The van der Waals surface area contributed by atoms with Crippen molar-refractivity contribution in [1.29, 1.82) is 0 Å². The molecule has 1 saturated heterocycles. The van der Waals surface area contributed by atoms with Gasteiger partial charge in [0.05, 0.1) is 31.2 Å². The number of anilines is 1. The quantitative estimate of drug-likeness (QED) is 0.636. The molecule has 3 heterocycles. The van der Waals surface area contributed by atoms with E-state index in [0.29, 0.717) is 0 Å². The summed E-state index contributed by atoms with van der Waals surface area (Å²) in [6.07, 6.45) is 0. The van der Waals surface area contributed by atoms with Crippen LogP contribution in [0, 0.1) is 13.8 Å². The predicted octanol–water partition coefficient (Wildman–Crippen LogP) is 4.97. The Balaban J connectivity index is 1.69. The minimum atomic E-state index is 0.0441. The Morgan fingerprint density at radius 2 is 1.96 bits per heavy atom. The van der Waals surface area contributed by atoms with E-state index in [9.17, 15) is 0 Å². The van der Waals surface area contributed by atoms with Crippen molar-refractivity contribution >= 4 is 39.0 Å². The topological polar surface area (TPSA) is 50.3 Å². The standard InChI is InChI=1S/C21H25ClN4OS/c1-13-15(3)28-21-19(13)20(23-14(2)16-6-4-5-7-17(16)22)24-18(25-21)12-26-8-10-27-11-9-26/h4-7,14H,8-12H2,1-3H3,(H,23,24,25). The average Bonchev–Trinajstić information content (AvgIpc) is 2.97. The molecule has 0 aliphatic carbocycles. The van der Waals surface area contributed by atoms with Crippen molar-refractivity contribution in [2.45, 2.75) is 33.4 Å². The highest BCUT2D eigenvalue weighted by atomic mass is 35.5. The normalized spacial score (nSPS) is 16.4. The van der Waals surface area contributed by atoms with E-state index in [0.717, 1.165) is 65.3 Å². The van der Waals surface area contributed by atoms with Crippen LogP contribution in [0.4, 0.5) is 5.82 Å². The number of rotatable bonds is 5. The lowest BCUT2D eigenvalue weighted by Crippen LogP contribution is -2.36. The number of fused-ring (bicyclic) bond motifs is 1. The zero-order valence-corrected chi connectivity index (χ0v) is 18.0. The minimum absolute atomic E-state index is 0.0441. The second-order valence-electron chi connectivity index (χ2n) is 7.23. The number of ether oxygens (including phenoxy) is 1. The van der Waals surface area contributed by atoms with Crippen LogP contribution in [0.1, 0.15) is 34.8 Å². The van der Waals surface area contributed by atoms with Gasteiger partial charge in [-0.2, -0.15) is 0 Å². The molecule has 3 aromatic rings. The predicted molar refractivity (Wildman–Crippen MR) is 116 cm³/mol. The van der Waals surface area contributed by atoms with Crippen LogP contribution in [-0.2, 0) is 11.3 Å². The molecule has 148 valence electrons. The highest BCUT2D eigenvalue weighted by Gasteiger charge is 2.19. The van der Waals surface area contributed by atoms with Crippen LogP contribution in [0.2, 0.25) is 5.02 Å². The maximum atomic E-state index is 6.41. The number of thiophene rings is 1. The Hall–Kier alpha value is -1.73. The van der Waals surface area contributed by atoms with Crippen molar-refractivity contribution in [2.75, 3.05) is 31.6 Å². The first-order valence-electron chi connectivity index (χ1n) is 9.60. The molecule has 1 fully saturated rings. The highest BCUT2D eigenvalue weighted by Crippen LogP contribution is 2.35. The van der Waals surface area contributed by atoms with E-state index in [-0.39, 0.29) is 6.04 Å². The molecular weight excluding hydrogens is 392 g/mol. The summed E-state index contributed by atoms with van der Waals surface area (Å²) in [4.78, 5) is 14.5. The Bertz CT molecular complexity index is 984. The van der Waals surface area contributed by atoms with Gasteiger partial charge in [-0.05, 0) is 38.0 Å². The zero-order chi connectivity index (χ0) is 19.7. The van der Waals surface area contributed by atoms with Gasteiger partial charge in [0.2, 0.25) is 0 Å². The molecule has 4 rings (SSSR count). The van der Waals surface area contributed by atoms with Crippen molar-refractivity contribution in [3.8, 4) is 0 Å². The third-order valence-electron chi connectivity index (χ3n) is 5.27. The lowest BCUT2D eigenvalue weighted by atomic mass is 10.1. The molecular formula is C21H25ClN4OS. The van der Waals surface area contributed by atoms with Crippen molar-refractivity contribution in [2.24, 2.45) is 0 Å². The van der Waals surface area contributed by atoms with Gasteiger partial charge in [0, 0.05) is 23.0 Å². The second-order valence-corrected chi connectivity index (χ2v) is 8.84. The molecule has 1 aromatic carbocycles. The van der Waals surface area contributed by atoms with Crippen LogP contribution in [0.25, 0.3) is 10.2 Å². The summed E-state index contributed by atoms with van der Waals surface area (Å²) in [5, 5.41) is 5.48. The molecule has 0 amide bonds. The Morgan fingerprint density at radius 3 is 2.71 bits per heavy atom. The second kappa shape index (κ2) is 8.33. The fourth-order valence-corrected chi connectivity index (χ4v) is 4.88. The number of aryl methyl sites for hydroxylation is 2. The molecule has 5 nitrogen and oxygen atoms in total. The maximum absolute atomic E-state index is 6.41. The summed E-state index contributed by atoms with van der Waals surface area (Å²) in [6, 6.07) is 7.99. The number of hydrogen-bond acceptors (Lipinski definition) is 6. The van der Waals surface area contributed by atoms with Crippen LogP contribution in [0.3, 0.4) is 0 Å². The first kappa shape index (κ1) is 19.6. The minimum Gasteiger partial charge on any atom is -0.379 e. The molecule has 1 aliphatic rings. The number of halogens is 1. The van der Waals surface area contributed by atoms with Gasteiger partial charge in [-0.1, -0.05) is 29.8 Å². The smallest absolute Gasteiger partial charge is 0.146 e. The molecule has 28 heavy (non-hydrogen) atoms. The average molecular weight is 417 g/mol. The number of benzene rings is 1. The molecule has 0 saturated carbocycles. The first-order valence-corrected chi connectivity index (χ1v) is 10.8. The third kappa shape index (κ3) is 4.01. The van der Waals surface area contributed by atoms with Gasteiger partial charge >= 0.3 is 0 Å². The van der Waals surface area contributed by atoms with Crippen LogP contribution < -0.4 is 5.32 Å². The molecule has 1 unspecified atom stereocenters. The number of nitrogens with one attached hydrogen (secondary N) is 1. The Labute approximate surface area is 174 Å². The maximum Gasteiger partial charge on any atom is 0.146 e. The number of hydrogen-bond donors (Lipinski definition) is 1. The van der Waals surface area contributed by atoms with Crippen molar-refractivity contribution in [3.63, 3.8) is 0 Å². The summed E-state index contributed by atoms with van der Waals surface area (Å²) in [6.45, 7) is 10.5. The van der Waals surface area contributed by atoms with Gasteiger partial charge in [-0.3, -0.25) is 4.90 Å².